The lowest BCUT2D eigenvalue weighted by Crippen LogP contribution is -2.55. The fourth-order valence-electron chi connectivity index (χ4n) is 3.85. The molecule has 2 atom stereocenters. The Labute approximate surface area is 152 Å². The van der Waals surface area contributed by atoms with Crippen LogP contribution in [0.4, 0.5) is 0 Å². The summed E-state index contributed by atoms with van der Waals surface area (Å²) < 4.78 is 5.31. The van der Waals surface area contributed by atoms with Crippen LogP contribution < -0.4 is 5.11 Å². The first-order valence-electron chi connectivity index (χ1n) is 8.73. The van der Waals surface area contributed by atoms with Gasteiger partial charge in [-0.05, 0) is 11.1 Å². The second-order valence-corrected chi connectivity index (χ2v) is 6.49. The van der Waals surface area contributed by atoms with E-state index in [0.717, 1.165) is 11.1 Å². The predicted octanol–water partition coefficient (Wildman–Crippen LogP) is 1.48. The zero-order chi connectivity index (χ0) is 18.5. The molecule has 1 N–H and O–H groups in total. The van der Waals surface area contributed by atoms with Crippen molar-refractivity contribution in [1.82, 2.24) is 0 Å². The average Bonchev–Trinajstić information content (AvgIpc) is 2.62. The Morgan fingerprint density at radius 2 is 1.38 bits per heavy atom. The maximum atomic E-state index is 12.7. The lowest BCUT2D eigenvalue weighted by atomic mass is 9.52. The third-order valence-corrected chi connectivity index (χ3v) is 5.01. The van der Waals surface area contributed by atoms with Crippen LogP contribution in [0.15, 0.2) is 60.7 Å². The number of aliphatic carboxylic acids is 1. The van der Waals surface area contributed by atoms with E-state index in [9.17, 15) is 14.7 Å². The summed E-state index contributed by atoms with van der Waals surface area (Å²) in [5.41, 5.74) is 1.58. The number of aliphatic hydroxyl groups excluding tert-OH is 1. The molecule has 136 valence electrons. The lowest BCUT2D eigenvalue weighted by Gasteiger charge is -2.51. The normalized spacial score (nSPS) is 24.5. The summed E-state index contributed by atoms with van der Waals surface area (Å²) in [5, 5.41) is 20.8. The summed E-state index contributed by atoms with van der Waals surface area (Å²) in [6.07, 6.45) is 0.356. The van der Waals surface area contributed by atoms with E-state index in [1.54, 1.807) is 0 Å². The highest BCUT2D eigenvalue weighted by Crippen LogP contribution is 2.57. The number of carboxylic acid groups (broad SMARTS) is 1. The fraction of sp³-hybridized carbons (Fsp3) is 0.333. The number of esters is 1. The second kappa shape index (κ2) is 8.15. The Balaban J connectivity index is 1.95. The van der Waals surface area contributed by atoms with Gasteiger partial charge >= 0.3 is 5.97 Å². The molecule has 3 rings (SSSR count). The number of benzene rings is 2. The first-order valence-corrected chi connectivity index (χ1v) is 8.73. The maximum absolute atomic E-state index is 12.7. The lowest BCUT2D eigenvalue weighted by molar-refractivity contribution is -0.317. The van der Waals surface area contributed by atoms with Gasteiger partial charge < -0.3 is 19.7 Å². The van der Waals surface area contributed by atoms with Gasteiger partial charge in [-0.15, -0.1) is 0 Å². The van der Waals surface area contributed by atoms with Gasteiger partial charge in [0.25, 0.3) is 0 Å². The molecule has 0 bridgehead atoms. The van der Waals surface area contributed by atoms with Crippen LogP contribution >= 0.6 is 0 Å². The third-order valence-electron chi connectivity index (χ3n) is 5.01. The van der Waals surface area contributed by atoms with Crippen LogP contribution in [0.2, 0.25) is 0 Å². The molecule has 0 saturated heterocycles. The minimum absolute atomic E-state index is 0.0656. The van der Waals surface area contributed by atoms with Crippen molar-refractivity contribution in [3.05, 3.63) is 71.8 Å². The Morgan fingerprint density at radius 3 is 1.81 bits per heavy atom. The van der Waals surface area contributed by atoms with Gasteiger partial charge in [-0.1, -0.05) is 60.7 Å². The first kappa shape index (κ1) is 18.1. The molecule has 0 radical (unpaired) electrons. The average molecular weight is 353 g/mol. The standard InChI is InChI=1S/C21H22O5/c22-12-7-13-26-21(25)19-16(14-8-3-1-4-9-14)18(20(23)24)17(19)15-10-5-2-6-11-15/h1-6,8-11,16-19,22H,7,12-13H2,(H,23,24)/p-1/t16-,17-,18?,19?/m0/s1. The first-order chi connectivity index (χ1) is 12.6. The van der Waals surface area contributed by atoms with Gasteiger partial charge in [-0.2, -0.15) is 0 Å². The molecule has 1 aliphatic carbocycles. The van der Waals surface area contributed by atoms with E-state index in [-0.39, 0.29) is 13.2 Å². The summed E-state index contributed by atoms with van der Waals surface area (Å²) in [5.74, 6) is -3.97. The molecule has 2 aromatic carbocycles. The van der Waals surface area contributed by atoms with E-state index in [1.165, 1.54) is 0 Å². The van der Waals surface area contributed by atoms with Crippen molar-refractivity contribution in [2.24, 2.45) is 11.8 Å². The minimum Gasteiger partial charge on any atom is -0.550 e. The summed E-state index contributed by atoms with van der Waals surface area (Å²) in [6, 6.07) is 18.3. The molecular formula is C21H21O5-. The second-order valence-electron chi connectivity index (χ2n) is 6.49. The number of hydrogen-bond acceptors (Lipinski definition) is 5. The highest BCUT2D eigenvalue weighted by atomic mass is 16.5. The van der Waals surface area contributed by atoms with Crippen LogP contribution in [0, 0.1) is 11.8 Å². The van der Waals surface area contributed by atoms with E-state index < -0.39 is 35.6 Å². The van der Waals surface area contributed by atoms with E-state index in [4.69, 9.17) is 9.84 Å². The van der Waals surface area contributed by atoms with Crippen LogP contribution in [0.3, 0.4) is 0 Å². The number of carboxylic acids is 1. The van der Waals surface area contributed by atoms with E-state index >= 15 is 0 Å². The molecular weight excluding hydrogens is 332 g/mol. The van der Waals surface area contributed by atoms with Crippen molar-refractivity contribution >= 4 is 11.9 Å². The zero-order valence-corrected chi connectivity index (χ0v) is 14.3. The third kappa shape index (κ3) is 3.48. The number of aliphatic hydroxyl groups is 1. The predicted molar refractivity (Wildman–Crippen MR) is 93.0 cm³/mol. The van der Waals surface area contributed by atoms with Gasteiger partial charge in [-0.3, -0.25) is 4.79 Å². The van der Waals surface area contributed by atoms with Gasteiger partial charge in [0, 0.05) is 36.8 Å². The molecule has 0 amide bonds. The van der Waals surface area contributed by atoms with Crippen LogP contribution in [0.5, 0.6) is 0 Å². The van der Waals surface area contributed by atoms with Crippen LogP contribution in [0.1, 0.15) is 29.4 Å². The quantitative estimate of drug-likeness (QED) is 0.602. The Hall–Kier alpha value is -2.66. The van der Waals surface area contributed by atoms with Crippen LogP contribution in [-0.4, -0.2) is 30.3 Å². The molecule has 0 heterocycles. The summed E-state index contributed by atoms with van der Waals surface area (Å²) >= 11 is 0. The number of hydrogen-bond donors (Lipinski definition) is 1. The van der Waals surface area contributed by atoms with Gasteiger partial charge in [-0.25, -0.2) is 0 Å². The van der Waals surface area contributed by atoms with Crippen molar-refractivity contribution in [1.29, 1.82) is 0 Å². The summed E-state index contributed by atoms with van der Waals surface area (Å²) in [7, 11) is 0. The van der Waals surface area contributed by atoms with E-state index in [2.05, 4.69) is 0 Å². The van der Waals surface area contributed by atoms with E-state index in [0.29, 0.717) is 6.42 Å². The molecule has 2 aromatic rings. The number of carbonyl (C=O) groups is 2. The fourth-order valence-corrected chi connectivity index (χ4v) is 3.85. The summed E-state index contributed by atoms with van der Waals surface area (Å²) in [4.78, 5) is 24.6. The van der Waals surface area contributed by atoms with Crippen molar-refractivity contribution in [2.45, 2.75) is 18.3 Å². The zero-order valence-electron chi connectivity index (χ0n) is 14.3. The van der Waals surface area contributed by atoms with E-state index in [1.807, 2.05) is 60.7 Å². The molecule has 26 heavy (non-hydrogen) atoms. The highest BCUT2D eigenvalue weighted by molar-refractivity contribution is 5.83. The van der Waals surface area contributed by atoms with Gasteiger partial charge in [0.2, 0.25) is 0 Å². The monoisotopic (exact) mass is 353 g/mol. The van der Waals surface area contributed by atoms with Gasteiger partial charge in [0.15, 0.2) is 0 Å². The maximum Gasteiger partial charge on any atom is 0.310 e. The molecule has 5 nitrogen and oxygen atoms in total. The van der Waals surface area contributed by atoms with Crippen LogP contribution in [-0.2, 0) is 14.3 Å². The minimum atomic E-state index is -1.16. The smallest absolute Gasteiger partial charge is 0.310 e. The topological polar surface area (TPSA) is 86.7 Å². The number of carbonyl (C=O) groups excluding carboxylic acids is 2. The molecule has 0 unspecified atom stereocenters. The molecule has 1 saturated carbocycles. The Bertz CT molecular complexity index is 696. The largest absolute Gasteiger partial charge is 0.550 e. The number of ether oxygens (including phenoxy) is 1. The highest BCUT2D eigenvalue weighted by Gasteiger charge is 2.56. The Morgan fingerprint density at radius 1 is 0.885 bits per heavy atom. The molecule has 1 aliphatic rings. The van der Waals surface area contributed by atoms with Crippen molar-refractivity contribution in [3.8, 4) is 0 Å². The van der Waals surface area contributed by atoms with Crippen LogP contribution in [0.25, 0.3) is 0 Å². The number of rotatable bonds is 7. The molecule has 0 aliphatic heterocycles. The SMILES string of the molecule is O=C([O-])C1[C@H](c2ccccc2)C(C(=O)OCCCO)[C@H]1c1ccccc1. The van der Waals surface area contributed by atoms with Crippen molar-refractivity contribution in [2.75, 3.05) is 13.2 Å². The van der Waals surface area contributed by atoms with Gasteiger partial charge in [0.1, 0.15) is 0 Å². The van der Waals surface area contributed by atoms with Crippen molar-refractivity contribution in [3.63, 3.8) is 0 Å². The van der Waals surface area contributed by atoms with Crippen molar-refractivity contribution < 1.29 is 24.5 Å². The molecule has 1 fully saturated rings. The molecule has 0 aromatic heterocycles. The molecule has 0 spiro atoms. The Kier molecular flexibility index (Phi) is 5.68. The molecule has 5 heteroatoms. The summed E-state index contributed by atoms with van der Waals surface area (Å²) in [6.45, 7) is 0.0503. The van der Waals surface area contributed by atoms with Gasteiger partial charge in [0.05, 0.1) is 12.5 Å².